The molecule has 1 aromatic rings. The number of halogens is 1. The summed E-state index contributed by atoms with van der Waals surface area (Å²) in [6, 6.07) is 7.64. The molecule has 0 amide bonds. The maximum Gasteiger partial charge on any atom is 0.307 e. The maximum atomic E-state index is 11.4. The van der Waals surface area contributed by atoms with Crippen LogP contribution < -0.4 is 0 Å². The molecule has 0 saturated heterocycles. The van der Waals surface area contributed by atoms with Crippen LogP contribution in [0.25, 0.3) is 0 Å². The van der Waals surface area contributed by atoms with Gasteiger partial charge >= 0.3 is 5.97 Å². The van der Waals surface area contributed by atoms with E-state index >= 15 is 0 Å². The molecule has 17 heavy (non-hydrogen) atoms. The van der Waals surface area contributed by atoms with Crippen LogP contribution in [0.5, 0.6) is 0 Å². The molecule has 0 aromatic heterocycles. The average molecular weight is 297 g/mol. The summed E-state index contributed by atoms with van der Waals surface area (Å²) in [5, 5.41) is 9.21. The van der Waals surface area contributed by atoms with Crippen LogP contribution in [0.3, 0.4) is 0 Å². The molecule has 1 saturated carbocycles. The van der Waals surface area contributed by atoms with Crippen molar-refractivity contribution in [2.75, 3.05) is 0 Å². The van der Waals surface area contributed by atoms with Gasteiger partial charge in [0.25, 0.3) is 0 Å². The highest BCUT2D eigenvalue weighted by atomic mass is 79.9. The highest BCUT2D eigenvalue weighted by molar-refractivity contribution is 9.10. The first kappa shape index (κ1) is 12.3. The van der Waals surface area contributed by atoms with Gasteiger partial charge in [-0.05, 0) is 24.0 Å². The number of hydrogen-bond donors (Lipinski definition) is 1. The number of hydrogen-bond acceptors (Lipinski definition) is 2. The first-order valence-electron chi connectivity index (χ1n) is 5.58. The molecule has 1 aromatic carbocycles. The van der Waals surface area contributed by atoms with Crippen molar-refractivity contribution in [1.82, 2.24) is 0 Å². The minimum atomic E-state index is -0.876. The minimum Gasteiger partial charge on any atom is -0.481 e. The van der Waals surface area contributed by atoms with Gasteiger partial charge in [-0.25, -0.2) is 0 Å². The van der Waals surface area contributed by atoms with Crippen molar-refractivity contribution in [1.29, 1.82) is 0 Å². The third kappa shape index (κ3) is 2.57. The first-order valence-corrected chi connectivity index (χ1v) is 6.38. The Kier molecular flexibility index (Phi) is 3.62. The first-order chi connectivity index (χ1) is 8.09. The van der Waals surface area contributed by atoms with Gasteiger partial charge in [-0.2, -0.15) is 0 Å². The molecule has 2 unspecified atom stereocenters. The highest BCUT2D eigenvalue weighted by Crippen LogP contribution is 2.39. The molecule has 2 atom stereocenters. The van der Waals surface area contributed by atoms with Crippen molar-refractivity contribution in [3.8, 4) is 0 Å². The second-order valence-corrected chi connectivity index (χ2v) is 5.21. The summed E-state index contributed by atoms with van der Waals surface area (Å²) in [5.74, 6) is -1.48. The van der Waals surface area contributed by atoms with Gasteiger partial charge in [0.1, 0.15) is 5.78 Å². The number of carboxylic acids is 1. The SMILES string of the molecule is O=C1CCC(c2ccccc2Br)C(C(=O)O)C1. The predicted molar refractivity (Wildman–Crippen MR) is 66.9 cm³/mol. The van der Waals surface area contributed by atoms with Crippen LogP contribution in [0.2, 0.25) is 0 Å². The number of rotatable bonds is 2. The van der Waals surface area contributed by atoms with Crippen LogP contribution in [-0.2, 0) is 9.59 Å². The fraction of sp³-hybridized carbons (Fsp3) is 0.385. The number of aliphatic carboxylic acids is 1. The van der Waals surface area contributed by atoms with E-state index in [1.165, 1.54) is 0 Å². The van der Waals surface area contributed by atoms with Crippen molar-refractivity contribution in [3.63, 3.8) is 0 Å². The predicted octanol–water partition coefficient (Wildman–Crippen LogP) is 2.99. The van der Waals surface area contributed by atoms with Gasteiger partial charge in [0.15, 0.2) is 0 Å². The van der Waals surface area contributed by atoms with Gasteiger partial charge in [-0.15, -0.1) is 0 Å². The molecule has 0 radical (unpaired) electrons. The van der Waals surface area contributed by atoms with Gasteiger partial charge in [-0.3, -0.25) is 9.59 Å². The van der Waals surface area contributed by atoms with Crippen molar-refractivity contribution >= 4 is 27.7 Å². The molecule has 0 aliphatic heterocycles. The van der Waals surface area contributed by atoms with Gasteiger partial charge in [0.2, 0.25) is 0 Å². The number of carbonyl (C=O) groups excluding carboxylic acids is 1. The summed E-state index contributed by atoms with van der Waals surface area (Å²) in [6.07, 6.45) is 1.26. The van der Waals surface area contributed by atoms with Crippen molar-refractivity contribution < 1.29 is 14.7 Å². The molecule has 0 bridgehead atoms. The van der Waals surface area contributed by atoms with E-state index in [4.69, 9.17) is 0 Å². The van der Waals surface area contributed by atoms with Crippen LogP contribution >= 0.6 is 15.9 Å². The largest absolute Gasteiger partial charge is 0.481 e. The Morgan fingerprint density at radius 1 is 1.35 bits per heavy atom. The summed E-state index contributed by atoms with van der Waals surface area (Å²) < 4.78 is 0.922. The molecule has 1 aliphatic carbocycles. The molecule has 2 rings (SSSR count). The second kappa shape index (κ2) is 5.00. The van der Waals surface area contributed by atoms with E-state index in [0.29, 0.717) is 12.8 Å². The summed E-state index contributed by atoms with van der Waals surface area (Å²) in [7, 11) is 0. The highest BCUT2D eigenvalue weighted by Gasteiger charge is 2.36. The quantitative estimate of drug-likeness (QED) is 0.913. The van der Waals surface area contributed by atoms with Crippen LogP contribution in [0.15, 0.2) is 28.7 Å². The van der Waals surface area contributed by atoms with Gasteiger partial charge in [0, 0.05) is 17.3 Å². The zero-order valence-corrected chi connectivity index (χ0v) is 10.8. The molecule has 3 nitrogen and oxygen atoms in total. The summed E-state index contributed by atoms with van der Waals surface area (Å²) in [4.78, 5) is 22.6. The van der Waals surface area contributed by atoms with Gasteiger partial charge in [-0.1, -0.05) is 34.1 Å². The van der Waals surface area contributed by atoms with E-state index in [2.05, 4.69) is 15.9 Å². The van der Waals surface area contributed by atoms with E-state index in [1.54, 1.807) is 0 Å². The lowest BCUT2D eigenvalue weighted by Crippen LogP contribution is -2.29. The van der Waals surface area contributed by atoms with E-state index in [1.807, 2.05) is 24.3 Å². The summed E-state index contributed by atoms with van der Waals surface area (Å²) >= 11 is 3.45. The van der Waals surface area contributed by atoms with Crippen molar-refractivity contribution in [3.05, 3.63) is 34.3 Å². The van der Waals surface area contributed by atoms with Crippen LogP contribution in [0, 0.1) is 5.92 Å². The standard InChI is InChI=1S/C13H13BrO3/c14-12-4-2-1-3-10(12)9-6-5-8(15)7-11(9)13(16)17/h1-4,9,11H,5-7H2,(H,16,17). The molecular formula is C13H13BrO3. The smallest absolute Gasteiger partial charge is 0.307 e. The molecule has 90 valence electrons. The Bertz CT molecular complexity index is 456. The molecule has 1 N–H and O–H groups in total. The fourth-order valence-corrected chi connectivity index (χ4v) is 2.99. The maximum absolute atomic E-state index is 11.4. The molecule has 0 spiro atoms. The number of Topliss-reactive ketones (excluding diaryl/α,β-unsaturated/α-hetero) is 1. The molecular weight excluding hydrogens is 284 g/mol. The van der Waals surface area contributed by atoms with E-state index in [-0.39, 0.29) is 18.1 Å². The summed E-state index contributed by atoms with van der Waals surface area (Å²) in [6.45, 7) is 0. The fourth-order valence-electron chi connectivity index (χ4n) is 2.41. The summed E-state index contributed by atoms with van der Waals surface area (Å²) in [5.41, 5.74) is 0.993. The van der Waals surface area contributed by atoms with Crippen molar-refractivity contribution in [2.45, 2.75) is 25.2 Å². The second-order valence-electron chi connectivity index (χ2n) is 4.35. The number of carbonyl (C=O) groups is 2. The van der Waals surface area contributed by atoms with Gasteiger partial charge < -0.3 is 5.11 Å². The van der Waals surface area contributed by atoms with Crippen LogP contribution in [-0.4, -0.2) is 16.9 Å². The normalized spacial score (nSPS) is 24.6. The Labute approximate surface area is 108 Å². The monoisotopic (exact) mass is 296 g/mol. The minimum absolute atomic E-state index is 0.0562. The van der Waals surface area contributed by atoms with Crippen LogP contribution in [0.4, 0.5) is 0 Å². The number of ketones is 1. The lowest BCUT2D eigenvalue weighted by atomic mass is 9.75. The third-order valence-corrected chi connectivity index (χ3v) is 4.01. The molecule has 1 fully saturated rings. The lowest BCUT2D eigenvalue weighted by molar-refractivity contribution is -0.146. The zero-order chi connectivity index (χ0) is 12.4. The van der Waals surface area contributed by atoms with E-state index in [0.717, 1.165) is 10.0 Å². The topological polar surface area (TPSA) is 54.4 Å². The van der Waals surface area contributed by atoms with Gasteiger partial charge in [0.05, 0.1) is 5.92 Å². The molecule has 1 aliphatic rings. The Hall–Kier alpha value is -1.16. The van der Waals surface area contributed by atoms with Crippen LogP contribution in [0.1, 0.15) is 30.7 Å². The van der Waals surface area contributed by atoms with E-state index < -0.39 is 11.9 Å². The number of carboxylic acid groups (broad SMARTS) is 1. The Morgan fingerprint density at radius 3 is 2.71 bits per heavy atom. The van der Waals surface area contributed by atoms with Crippen molar-refractivity contribution in [2.24, 2.45) is 5.92 Å². The Morgan fingerprint density at radius 2 is 2.06 bits per heavy atom. The zero-order valence-electron chi connectivity index (χ0n) is 9.23. The number of benzene rings is 1. The molecule has 4 heteroatoms. The average Bonchev–Trinajstić information content (AvgIpc) is 2.30. The van der Waals surface area contributed by atoms with E-state index in [9.17, 15) is 14.7 Å². The third-order valence-electron chi connectivity index (χ3n) is 3.29. The molecule has 0 heterocycles. The lowest BCUT2D eigenvalue weighted by Gasteiger charge is -2.28. The Balaban J connectivity index is 2.33.